The fourth-order valence-corrected chi connectivity index (χ4v) is 5.58. The highest BCUT2D eigenvalue weighted by molar-refractivity contribution is 6.01. The second-order valence-electron chi connectivity index (χ2n) is 14.3. The number of nitrogens with one attached hydrogen (secondary N) is 2. The average molecular weight is 633 g/mol. The molecule has 0 aliphatic carbocycles. The number of carbonyl (C=O) groups excluding carboxylic acids is 4. The molecule has 3 rings (SSSR count). The number of alkyl halides is 1. The maximum Gasteiger partial charge on any atom is 0.419 e. The average Bonchev–Trinajstić information content (AvgIpc) is 2.93. The first-order valence-corrected chi connectivity index (χ1v) is 16.4. The summed E-state index contributed by atoms with van der Waals surface area (Å²) in [6.07, 6.45) is 3.85. The highest BCUT2D eigenvalue weighted by atomic mass is 19.1. The van der Waals surface area contributed by atoms with Crippen LogP contribution in [0.4, 0.5) is 19.7 Å². The van der Waals surface area contributed by atoms with Gasteiger partial charge in [0.1, 0.15) is 23.4 Å². The first-order valence-electron chi connectivity index (χ1n) is 16.4. The molecule has 0 aromatic heterocycles. The van der Waals surface area contributed by atoms with E-state index in [0.717, 1.165) is 55.8 Å². The van der Waals surface area contributed by atoms with Crippen molar-refractivity contribution in [1.82, 2.24) is 15.1 Å². The van der Waals surface area contributed by atoms with Crippen molar-refractivity contribution >= 4 is 29.7 Å². The van der Waals surface area contributed by atoms with Crippen molar-refractivity contribution in [3.63, 3.8) is 0 Å². The van der Waals surface area contributed by atoms with E-state index in [-0.39, 0.29) is 18.4 Å². The van der Waals surface area contributed by atoms with Crippen molar-refractivity contribution in [3.8, 4) is 0 Å². The standard InChI is InChI=1S/C34H53FN4O6/c1-33(2,3)44-31(42)39(32(43)45-34(4,5)6)20-10-8-7-9-11-26(35)23-38-21-18-25(19-22-38)24-12-14-27(15-13-24)36-28-16-17-29(40)37-30(28)41/h12-15,25-26,28,36H,7-11,16-23H2,1-6H3,(H,37,40,41). The zero-order valence-corrected chi connectivity index (χ0v) is 28.0. The summed E-state index contributed by atoms with van der Waals surface area (Å²) in [5, 5.41) is 5.58. The Morgan fingerprint density at radius 1 is 0.933 bits per heavy atom. The van der Waals surface area contributed by atoms with E-state index in [1.807, 2.05) is 12.1 Å². The Morgan fingerprint density at radius 2 is 1.51 bits per heavy atom. The van der Waals surface area contributed by atoms with Crippen LogP contribution in [0.1, 0.15) is 111 Å². The van der Waals surface area contributed by atoms with E-state index in [2.05, 4.69) is 27.7 Å². The van der Waals surface area contributed by atoms with Gasteiger partial charge in [-0.15, -0.1) is 0 Å². The van der Waals surface area contributed by atoms with Gasteiger partial charge in [-0.25, -0.2) is 18.9 Å². The third kappa shape index (κ3) is 13.0. The third-order valence-electron chi connectivity index (χ3n) is 7.88. The number of hydrogen-bond donors (Lipinski definition) is 2. The molecule has 0 saturated carbocycles. The maximum absolute atomic E-state index is 14.8. The number of imide groups is 2. The topological polar surface area (TPSA) is 117 Å². The number of rotatable bonds is 12. The van der Waals surface area contributed by atoms with Crippen LogP contribution in [0.2, 0.25) is 0 Å². The highest BCUT2D eigenvalue weighted by Crippen LogP contribution is 2.29. The summed E-state index contributed by atoms with van der Waals surface area (Å²) < 4.78 is 25.6. The van der Waals surface area contributed by atoms with Crippen LogP contribution in [0.3, 0.4) is 0 Å². The normalized spacial score (nSPS) is 19.0. The maximum atomic E-state index is 14.8. The molecule has 0 radical (unpaired) electrons. The van der Waals surface area contributed by atoms with Gasteiger partial charge >= 0.3 is 12.2 Å². The Hall–Kier alpha value is -3.21. The summed E-state index contributed by atoms with van der Waals surface area (Å²) in [4.78, 5) is 51.8. The summed E-state index contributed by atoms with van der Waals surface area (Å²) in [5.74, 6) is -0.0853. The number of anilines is 1. The minimum absolute atomic E-state index is 0.191. The van der Waals surface area contributed by atoms with E-state index in [4.69, 9.17) is 9.47 Å². The zero-order valence-electron chi connectivity index (χ0n) is 28.0. The van der Waals surface area contributed by atoms with Gasteiger partial charge in [0.15, 0.2) is 0 Å². The number of amides is 4. The lowest BCUT2D eigenvalue weighted by molar-refractivity contribution is -0.133. The van der Waals surface area contributed by atoms with E-state index < -0.39 is 35.6 Å². The van der Waals surface area contributed by atoms with Crippen molar-refractivity contribution in [2.24, 2.45) is 0 Å². The molecule has 2 unspecified atom stereocenters. The number of piperidine rings is 2. The molecule has 4 amide bonds. The molecule has 2 aliphatic heterocycles. The minimum atomic E-state index is -0.890. The van der Waals surface area contributed by atoms with Gasteiger partial charge in [-0.1, -0.05) is 31.4 Å². The van der Waals surface area contributed by atoms with E-state index >= 15 is 0 Å². The molecule has 0 spiro atoms. The molecule has 2 N–H and O–H groups in total. The molecule has 252 valence electrons. The van der Waals surface area contributed by atoms with E-state index in [0.29, 0.717) is 38.1 Å². The number of carbonyl (C=O) groups is 4. The lowest BCUT2D eigenvalue weighted by atomic mass is 9.89. The number of unbranched alkanes of at least 4 members (excludes halogenated alkanes) is 3. The van der Waals surface area contributed by atoms with Crippen LogP contribution in [0, 0.1) is 0 Å². The third-order valence-corrected chi connectivity index (χ3v) is 7.88. The van der Waals surface area contributed by atoms with Gasteiger partial charge in [0.05, 0.1) is 0 Å². The Labute approximate surface area is 267 Å². The van der Waals surface area contributed by atoms with Crippen molar-refractivity contribution in [2.45, 2.75) is 129 Å². The number of halogens is 1. The molecule has 11 heteroatoms. The molecule has 2 atom stereocenters. The summed E-state index contributed by atoms with van der Waals surface area (Å²) in [6.45, 7) is 12.8. The predicted molar refractivity (Wildman–Crippen MR) is 172 cm³/mol. The van der Waals surface area contributed by atoms with Crippen LogP contribution in [0.25, 0.3) is 0 Å². The monoisotopic (exact) mass is 632 g/mol. The van der Waals surface area contributed by atoms with Crippen LogP contribution >= 0.6 is 0 Å². The first kappa shape index (κ1) is 36.3. The minimum Gasteiger partial charge on any atom is -0.443 e. The Kier molecular flexibility index (Phi) is 13.2. The van der Waals surface area contributed by atoms with Crippen molar-refractivity contribution in [1.29, 1.82) is 0 Å². The molecule has 2 aliphatic rings. The number of hydrogen-bond acceptors (Lipinski definition) is 8. The summed E-state index contributed by atoms with van der Waals surface area (Å²) >= 11 is 0. The van der Waals surface area contributed by atoms with Gasteiger partial charge in [0.25, 0.3) is 0 Å². The smallest absolute Gasteiger partial charge is 0.419 e. The lowest BCUT2D eigenvalue weighted by Gasteiger charge is -2.33. The zero-order chi connectivity index (χ0) is 33.2. The number of benzene rings is 1. The molecule has 2 heterocycles. The quantitative estimate of drug-likeness (QED) is 0.197. The van der Waals surface area contributed by atoms with E-state index in [9.17, 15) is 23.6 Å². The van der Waals surface area contributed by atoms with Crippen LogP contribution in [0.5, 0.6) is 0 Å². The molecule has 1 aromatic carbocycles. The van der Waals surface area contributed by atoms with Gasteiger partial charge in [-0.2, -0.15) is 0 Å². The second kappa shape index (κ2) is 16.4. The van der Waals surface area contributed by atoms with Crippen molar-refractivity contribution < 1.29 is 33.0 Å². The molecule has 1 aromatic rings. The first-order chi connectivity index (χ1) is 21.1. The Balaban J connectivity index is 1.32. The molecule has 0 bridgehead atoms. The fourth-order valence-electron chi connectivity index (χ4n) is 5.58. The predicted octanol–water partition coefficient (Wildman–Crippen LogP) is 6.54. The molecular weight excluding hydrogens is 579 g/mol. The largest absolute Gasteiger partial charge is 0.443 e. The Morgan fingerprint density at radius 3 is 2.07 bits per heavy atom. The van der Waals surface area contributed by atoms with Gasteiger partial charge in [-0.3, -0.25) is 14.9 Å². The Bertz CT molecular complexity index is 1110. The van der Waals surface area contributed by atoms with Crippen LogP contribution in [0.15, 0.2) is 24.3 Å². The van der Waals surface area contributed by atoms with Crippen LogP contribution in [-0.4, -0.2) is 83.4 Å². The lowest BCUT2D eigenvalue weighted by Crippen LogP contribution is -2.47. The molecule has 45 heavy (non-hydrogen) atoms. The SMILES string of the molecule is CC(C)(C)OC(=O)N(CCCCCCC(F)CN1CCC(c2ccc(NC3CCC(=O)NC3=O)cc2)CC1)C(=O)OC(C)(C)C. The van der Waals surface area contributed by atoms with E-state index in [1.165, 1.54) is 5.56 Å². The van der Waals surface area contributed by atoms with Crippen molar-refractivity contribution in [3.05, 3.63) is 29.8 Å². The summed E-state index contributed by atoms with van der Waals surface area (Å²) in [5.41, 5.74) is 0.645. The van der Waals surface area contributed by atoms with Crippen LogP contribution in [-0.2, 0) is 19.1 Å². The van der Waals surface area contributed by atoms with Gasteiger partial charge < -0.3 is 19.7 Å². The van der Waals surface area contributed by atoms with Gasteiger partial charge in [0, 0.05) is 25.2 Å². The van der Waals surface area contributed by atoms with E-state index in [1.54, 1.807) is 41.5 Å². The van der Waals surface area contributed by atoms with Crippen molar-refractivity contribution in [2.75, 3.05) is 31.5 Å². The number of nitrogens with zero attached hydrogens (tertiary/aromatic N) is 2. The van der Waals surface area contributed by atoms with Gasteiger partial charge in [0.2, 0.25) is 11.8 Å². The summed E-state index contributed by atoms with van der Waals surface area (Å²) in [6, 6.07) is 7.74. The second-order valence-corrected chi connectivity index (χ2v) is 14.3. The van der Waals surface area contributed by atoms with Crippen LogP contribution < -0.4 is 10.6 Å². The van der Waals surface area contributed by atoms with Gasteiger partial charge in [-0.05, 0) is 110 Å². The molecular formula is C34H53FN4O6. The number of likely N-dealkylation sites (tertiary alicyclic amines) is 1. The molecule has 10 nitrogen and oxygen atoms in total. The summed E-state index contributed by atoms with van der Waals surface area (Å²) in [7, 11) is 0. The molecule has 2 fully saturated rings. The molecule has 2 saturated heterocycles. The fraction of sp³-hybridized carbons (Fsp3) is 0.706. The highest BCUT2D eigenvalue weighted by Gasteiger charge is 2.31. The number of ether oxygens (including phenoxy) is 2.